The molecule has 0 aromatic carbocycles. The molecule has 0 saturated heterocycles. The van der Waals surface area contributed by atoms with Crippen LogP contribution in [-0.2, 0) is 13.6 Å². The molecule has 0 fully saturated rings. The van der Waals surface area contributed by atoms with Gasteiger partial charge >= 0.3 is 0 Å². The van der Waals surface area contributed by atoms with Gasteiger partial charge in [0, 0.05) is 7.05 Å². The van der Waals surface area contributed by atoms with E-state index in [1.807, 2.05) is 11.6 Å². The molecule has 0 aliphatic rings. The minimum absolute atomic E-state index is 0.499. The van der Waals surface area contributed by atoms with Crippen LogP contribution in [0.4, 0.5) is 0 Å². The summed E-state index contributed by atoms with van der Waals surface area (Å²) in [7, 11) is 1.87. The van der Waals surface area contributed by atoms with Gasteiger partial charge in [0.25, 0.3) is 0 Å². The van der Waals surface area contributed by atoms with Crippen LogP contribution < -0.4 is 5.73 Å². The van der Waals surface area contributed by atoms with Gasteiger partial charge in [-0.2, -0.15) is 0 Å². The summed E-state index contributed by atoms with van der Waals surface area (Å²) >= 11 is 0. The van der Waals surface area contributed by atoms with Gasteiger partial charge < -0.3 is 10.3 Å². The normalized spacial score (nSPS) is 12.0. The van der Waals surface area contributed by atoms with Gasteiger partial charge in [-0.15, -0.1) is 10.2 Å². The van der Waals surface area contributed by atoms with Gasteiger partial charge in [-0.3, -0.25) is 4.99 Å². The Labute approximate surface area is 65.0 Å². The smallest absolute Gasteiger partial charge is 0.154 e. The number of nitrogens with zero attached hydrogens (tertiary/aromatic N) is 4. The Kier molecular flexibility index (Phi) is 2.20. The fraction of sp³-hybridized carbons (Fsp3) is 0.500. The minimum Gasteiger partial charge on any atom is -0.388 e. The van der Waals surface area contributed by atoms with Crippen LogP contribution in [0.1, 0.15) is 12.7 Å². The van der Waals surface area contributed by atoms with Gasteiger partial charge in [0.15, 0.2) is 5.82 Å². The van der Waals surface area contributed by atoms with Gasteiger partial charge in [0.05, 0.1) is 5.84 Å². The highest BCUT2D eigenvalue weighted by Crippen LogP contribution is 1.92. The van der Waals surface area contributed by atoms with Gasteiger partial charge in [-0.25, -0.2) is 0 Å². The Morgan fingerprint density at radius 1 is 1.82 bits per heavy atom. The van der Waals surface area contributed by atoms with E-state index >= 15 is 0 Å². The van der Waals surface area contributed by atoms with Crippen molar-refractivity contribution in [3.05, 3.63) is 12.2 Å². The first-order valence-corrected chi connectivity index (χ1v) is 3.29. The molecule has 0 radical (unpaired) electrons. The molecule has 1 rings (SSSR count). The van der Waals surface area contributed by atoms with Crippen LogP contribution in [0.15, 0.2) is 11.3 Å². The predicted octanol–water partition coefficient (Wildman–Crippen LogP) is -0.308. The molecule has 2 N–H and O–H groups in total. The fourth-order valence-corrected chi connectivity index (χ4v) is 0.646. The molecular weight excluding hydrogens is 142 g/mol. The van der Waals surface area contributed by atoms with Gasteiger partial charge in [-0.1, -0.05) is 0 Å². The van der Waals surface area contributed by atoms with E-state index in [-0.39, 0.29) is 0 Å². The van der Waals surface area contributed by atoms with E-state index in [1.54, 1.807) is 13.3 Å². The lowest BCUT2D eigenvalue weighted by Gasteiger charge is -1.94. The van der Waals surface area contributed by atoms with Crippen molar-refractivity contribution in [2.45, 2.75) is 13.5 Å². The number of aliphatic imine (C=N–C) groups is 1. The SMILES string of the molecule is CC(N)=NCc1nncn1C. The largest absolute Gasteiger partial charge is 0.388 e. The third kappa shape index (κ3) is 2.03. The second-order valence-corrected chi connectivity index (χ2v) is 2.32. The molecule has 1 aromatic heterocycles. The molecule has 0 aliphatic heterocycles. The van der Waals surface area contributed by atoms with Crippen molar-refractivity contribution in [2.75, 3.05) is 0 Å². The lowest BCUT2D eigenvalue weighted by atomic mass is 10.6. The van der Waals surface area contributed by atoms with E-state index in [2.05, 4.69) is 15.2 Å². The van der Waals surface area contributed by atoms with E-state index in [1.165, 1.54) is 0 Å². The molecule has 1 heterocycles. The van der Waals surface area contributed by atoms with Crippen LogP contribution in [0.3, 0.4) is 0 Å². The number of amidine groups is 1. The Bertz CT molecular complexity index is 258. The van der Waals surface area contributed by atoms with Crippen LogP contribution in [-0.4, -0.2) is 20.6 Å². The molecule has 60 valence electrons. The van der Waals surface area contributed by atoms with E-state index in [0.29, 0.717) is 12.4 Å². The van der Waals surface area contributed by atoms with Gasteiger partial charge in [0.1, 0.15) is 12.9 Å². The first-order valence-electron chi connectivity index (χ1n) is 3.29. The molecule has 0 spiro atoms. The second-order valence-electron chi connectivity index (χ2n) is 2.32. The monoisotopic (exact) mass is 153 g/mol. The molecular formula is C6H11N5. The average molecular weight is 153 g/mol. The number of hydrogen-bond donors (Lipinski definition) is 1. The lowest BCUT2D eigenvalue weighted by molar-refractivity contribution is 0.792. The summed E-state index contributed by atoms with van der Waals surface area (Å²) in [5, 5.41) is 7.54. The average Bonchev–Trinajstić information content (AvgIpc) is 2.31. The van der Waals surface area contributed by atoms with Crippen molar-refractivity contribution in [3.8, 4) is 0 Å². The highest BCUT2D eigenvalue weighted by Gasteiger charge is 1.96. The molecule has 0 unspecified atom stereocenters. The zero-order valence-corrected chi connectivity index (χ0v) is 6.65. The maximum Gasteiger partial charge on any atom is 0.154 e. The van der Waals surface area contributed by atoms with Crippen LogP contribution in [0.25, 0.3) is 0 Å². The standard InChI is InChI=1S/C6H11N5/c1-5(7)8-3-6-10-9-4-11(6)2/h4H,3H2,1-2H3,(H2,7,8). The first kappa shape index (κ1) is 7.71. The summed E-state index contributed by atoms with van der Waals surface area (Å²) in [6, 6.07) is 0. The summed E-state index contributed by atoms with van der Waals surface area (Å²) < 4.78 is 1.81. The van der Waals surface area contributed by atoms with Crippen LogP contribution >= 0.6 is 0 Å². The highest BCUT2D eigenvalue weighted by molar-refractivity contribution is 5.77. The van der Waals surface area contributed by atoms with Crippen molar-refractivity contribution < 1.29 is 0 Å². The van der Waals surface area contributed by atoms with Crippen LogP contribution in [0.5, 0.6) is 0 Å². The molecule has 0 saturated carbocycles. The van der Waals surface area contributed by atoms with Crippen molar-refractivity contribution in [1.29, 1.82) is 0 Å². The molecule has 0 atom stereocenters. The summed E-state index contributed by atoms with van der Waals surface area (Å²) in [6.45, 7) is 2.25. The Hall–Kier alpha value is -1.39. The molecule has 0 aliphatic carbocycles. The molecule has 1 aromatic rings. The van der Waals surface area contributed by atoms with E-state index in [9.17, 15) is 0 Å². The number of aryl methyl sites for hydroxylation is 1. The number of hydrogen-bond acceptors (Lipinski definition) is 3. The summed E-state index contributed by atoms with van der Waals surface area (Å²) in [5.41, 5.74) is 5.35. The highest BCUT2D eigenvalue weighted by atomic mass is 15.3. The van der Waals surface area contributed by atoms with Crippen molar-refractivity contribution in [3.63, 3.8) is 0 Å². The van der Waals surface area contributed by atoms with Crippen molar-refractivity contribution in [2.24, 2.45) is 17.8 Å². The third-order valence-electron chi connectivity index (χ3n) is 1.28. The Balaban J connectivity index is 2.65. The second kappa shape index (κ2) is 3.14. The van der Waals surface area contributed by atoms with Gasteiger partial charge in [0.2, 0.25) is 0 Å². The third-order valence-corrected chi connectivity index (χ3v) is 1.28. The summed E-state index contributed by atoms with van der Waals surface area (Å²) in [4.78, 5) is 4.00. The lowest BCUT2D eigenvalue weighted by Crippen LogP contribution is -2.06. The fourth-order valence-electron chi connectivity index (χ4n) is 0.646. The van der Waals surface area contributed by atoms with Gasteiger partial charge in [-0.05, 0) is 6.92 Å². The van der Waals surface area contributed by atoms with Crippen LogP contribution in [0, 0.1) is 0 Å². The zero-order valence-electron chi connectivity index (χ0n) is 6.65. The number of aromatic nitrogens is 3. The molecule has 5 heteroatoms. The minimum atomic E-state index is 0.499. The Morgan fingerprint density at radius 2 is 2.55 bits per heavy atom. The number of rotatable bonds is 2. The predicted molar refractivity (Wildman–Crippen MR) is 42.0 cm³/mol. The Morgan fingerprint density at radius 3 is 3.00 bits per heavy atom. The quantitative estimate of drug-likeness (QED) is 0.468. The molecule has 5 nitrogen and oxygen atoms in total. The van der Waals surface area contributed by atoms with E-state index in [0.717, 1.165) is 5.82 Å². The van der Waals surface area contributed by atoms with Crippen molar-refractivity contribution >= 4 is 5.84 Å². The van der Waals surface area contributed by atoms with Crippen LogP contribution in [0.2, 0.25) is 0 Å². The van der Waals surface area contributed by atoms with E-state index in [4.69, 9.17) is 5.73 Å². The summed E-state index contributed by atoms with van der Waals surface area (Å²) in [6.07, 6.45) is 1.64. The number of nitrogens with two attached hydrogens (primary N) is 1. The molecule has 0 amide bonds. The first-order chi connectivity index (χ1) is 5.20. The topological polar surface area (TPSA) is 69.1 Å². The zero-order chi connectivity index (χ0) is 8.27. The summed E-state index contributed by atoms with van der Waals surface area (Å²) in [5.74, 6) is 1.38. The van der Waals surface area contributed by atoms with Crippen molar-refractivity contribution in [1.82, 2.24) is 14.8 Å². The van der Waals surface area contributed by atoms with E-state index < -0.39 is 0 Å². The molecule has 0 bridgehead atoms. The molecule has 11 heavy (non-hydrogen) atoms. The maximum absolute atomic E-state index is 5.35. The maximum atomic E-state index is 5.35.